The Labute approximate surface area is 82.9 Å². The third kappa shape index (κ3) is 1.87. The summed E-state index contributed by atoms with van der Waals surface area (Å²) in [6, 6.07) is -0.0106. The topological polar surface area (TPSA) is 83.6 Å². The van der Waals surface area contributed by atoms with Crippen LogP contribution in [0.3, 0.4) is 0 Å². The number of nitrogens with zero attached hydrogens (tertiary/aromatic N) is 1. The molecule has 0 aromatic carbocycles. The summed E-state index contributed by atoms with van der Waals surface area (Å²) in [5.41, 5.74) is 4.30. The van der Waals surface area contributed by atoms with Gasteiger partial charge in [0.25, 0.3) is 0 Å². The van der Waals surface area contributed by atoms with Gasteiger partial charge < -0.3 is 15.7 Å². The lowest BCUT2D eigenvalue weighted by Gasteiger charge is -2.25. The van der Waals surface area contributed by atoms with Gasteiger partial charge in [0.2, 0.25) is 5.91 Å². The van der Waals surface area contributed by atoms with Crippen LogP contribution >= 0.6 is 0 Å². The molecule has 0 bridgehead atoms. The van der Waals surface area contributed by atoms with Gasteiger partial charge in [-0.2, -0.15) is 0 Å². The summed E-state index contributed by atoms with van der Waals surface area (Å²) in [7, 11) is 0. The van der Waals surface area contributed by atoms with Gasteiger partial charge in [0.05, 0.1) is 0 Å². The Bertz CT molecular complexity index is 263. The zero-order valence-corrected chi connectivity index (χ0v) is 8.49. The van der Waals surface area contributed by atoms with Crippen LogP contribution in [0.4, 0.5) is 0 Å². The van der Waals surface area contributed by atoms with Crippen LogP contribution in [-0.2, 0) is 9.59 Å². The maximum absolute atomic E-state index is 11.7. The van der Waals surface area contributed by atoms with Gasteiger partial charge in [0.1, 0.15) is 5.41 Å². The van der Waals surface area contributed by atoms with Crippen LogP contribution in [0.5, 0.6) is 0 Å². The van der Waals surface area contributed by atoms with Crippen molar-refractivity contribution < 1.29 is 14.7 Å². The number of aliphatic carboxylic acids is 1. The number of rotatable bonds is 2. The molecule has 0 aliphatic carbocycles. The Morgan fingerprint density at radius 1 is 1.50 bits per heavy atom. The van der Waals surface area contributed by atoms with Crippen molar-refractivity contribution >= 4 is 11.9 Å². The predicted molar refractivity (Wildman–Crippen MR) is 50.6 cm³/mol. The summed E-state index contributed by atoms with van der Waals surface area (Å²) in [6.07, 6.45) is 0.751. The zero-order valence-electron chi connectivity index (χ0n) is 8.49. The molecule has 1 fully saturated rings. The summed E-state index contributed by atoms with van der Waals surface area (Å²) in [4.78, 5) is 24.1. The van der Waals surface area contributed by atoms with Gasteiger partial charge in [-0.3, -0.25) is 9.59 Å². The van der Waals surface area contributed by atoms with E-state index in [9.17, 15) is 9.59 Å². The molecule has 0 aromatic rings. The lowest BCUT2D eigenvalue weighted by atomic mass is 9.92. The molecule has 1 rings (SSSR count). The van der Waals surface area contributed by atoms with E-state index in [0.717, 1.165) is 6.42 Å². The summed E-state index contributed by atoms with van der Waals surface area (Å²) < 4.78 is 0. The van der Waals surface area contributed by atoms with Gasteiger partial charge in [-0.1, -0.05) is 0 Å². The number of hydrogen-bond donors (Lipinski definition) is 2. The van der Waals surface area contributed by atoms with Crippen molar-refractivity contribution in [2.45, 2.75) is 26.3 Å². The second-order valence-corrected chi connectivity index (χ2v) is 4.23. The van der Waals surface area contributed by atoms with Crippen LogP contribution in [0.15, 0.2) is 0 Å². The van der Waals surface area contributed by atoms with Crippen LogP contribution in [0, 0.1) is 5.41 Å². The summed E-state index contributed by atoms with van der Waals surface area (Å²) in [5, 5.41) is 8.86. The van der Waals surface area contributed by atoms with Crippen molar-refractivity contribution in [1.29, 1.82) is 0 Å². The van der Waals surface area contributed by atoms with Gasteiger partial charge in [0, 0.05) is 19.1 Å². The highest BCUT2D eigenvalue weighted by molar-refractivity contribution is 6.01. The van der Waals surface area contributed by atoms with Crippen molar-refractivity contribution in [3.8, 4) is 0 Å². The number of carboxylic acids is 1. The molecule has 0 spiro atoms. The summed E-state index contributed by atoms with van der Waals surface area (Å²) >= 11 is 0. The molecule has 1 amide bonds. The van der Waals surface area contributed by atoms with Gasteiger partial charge in [-0.25, -0.2) is 0 Å². The zero-order chi connectivity index (χ0) is 10.9. The highest BCUT2D eigenvalue weighted by Gasteiger charge is 2.40. The van der Waals surface area contributed by atoms with E-state index in [0.29, 0.717) is 13.1 Å². The van der Waals surface area contributed by atoms with Gasteiger partial charge in [-0.15, -0.1) is 0 Å². The molecule has 5 heteroatoms. The maximum atomic E-state index is 11.7. The molecule has 0 radical (unpaired) electrons. The lowest BCUT2D eigenvalue weighted by molar-refractivity contribution is -0.157. The molecule has 0 saturated carbocycles. The largest absolute Gasteiger partial charge is 0.480 e. The van der Waals surface area contributed by atoms with Gasteiger partial charge >= 0.3 is 5.97 Å². The van der Waals surface area contributed by atoms with E-state index in [-0.39, 0.29) is 11.9 Å². The summed E-state index contributed by atoms with van der Waals surface area (Å²) in [6.45, 7) is 3.87. The van der Waals surface area contributed by atoms with E-state index in [2.05, 4.69) is 0 Å². The minimum absolute atomic E-state index is 0.0106. The van der Waals surface area contributed by atoms with Crippen LogP contribution < -0.4 is 5.73 Å². The SMILES string of the molecule is CC(C)(C(=O)O)C(=O)N1CCC(N)C1. The molecule has 1 unspecified atom stereocenters. The Morgan fingerprint density at radius 2 is 2.07 bits per heavy atom. The lowest BCUT2D eigenvalue weighted by Crippen LogP contribution is -2.44. The number of carbonyl (C=O) groups excluding carboxylic acids is 1. The van der Waals surface area contributed by atoms with Crippen molar-refractivity contribution in [2.24, 2.45) is 11.1 Å². The molecular weight excluding hydrogens is 184 g/mol. The van der Waals surface area contributed by atoms with E-state index in [1.165, 1.54) is 18.7 Å². The Hall–Kier alpha value is -1.10. The van der Waals surface area contributed by atoms with Crippen LogP contribution in [-0.4, -0.2) is 41.0 Å². The first-order chi connectivity index (χ1) is 6.35. The third-order valence-electron chi connectivity index (χ3n) is 2.58. The summed E-state index contributed by atoms with van der Waals surface area (Å²) in [5.74, 6) is -1.44. The molecule has 1 aliphatic rings. The molecule has 14 heavy (non-hydrogen) atoms. The number of likely N-dealkylation sites (tertiary alicyclic amines) is 1. The fourth-order valence-corrected chi connectivity index (χ4v) is 1.46. The number of nitrogens with two attached hydrogens (primary N) is 1. The Morgan fingerprint density at radius 3 is 2.43 bits per heavy atom. The van der Waals surface area contributed by atoms with Crippen LogP contribution in [0.2, 0.25) is 0 Å². The number of carboxylic acid groups (broad SMARTS) is 1. The van der Waals surface area contributed by atoms with E-state index < -0.39 is 11.4 Å². The first kappa shape index (κ1) is 11.0. The predicted octanol–water partition coefficient (Wildman–Crippen LogP) is -0.343. The Balaban J connectivity index is 2.70. The molecule has 1 atom stereocenters. The second kappa shape index (κ2) is 3.57. The molecule has 80 valence electrons. The average molecular weight is 200 g/mol. The van der Waals surface area contributed by atoms with Crippen molar-refractivity contribution in [3.63, 3.8) is 0 Å². The maximum Gasteiger partial charge on any atom is 0.318 e. The molecule has 1 heterocycles. The van der Waals surface area contributed by atoms with E-state index in [1.54, 1.807) is 0 Å². The highest BCUT2D eigenvalue weighted by Crippen LogP contribution is 2.21. The van der Waals surface area contributed by atoms with Crippen molar-refractivity contribution in [2.75, 3.05) is 13.1 Å². The second-order valence-electron chi connectivity index (χ2n) is 4.23. The first-order valence-electron chi connectivity index (χ1n) is 4.64. The molecule has 5 nitrogen and oxygen atoms in total. The quantitative estimate of drug-likeness (QED) is 0.597. The smallest absolute Gasteiger partial charge is 0.318 e. The standard InChI is InChI=1S/C9H16N2O3/c1-9(2,8(13)14)7(12)11-4-3-6(10)5-11/h6H,3-5,10H2,1-2H3,(H,13,14). The van der Waals surface area contributed by atoms with E-state index >= 15 is 0 Å². The number of amides is 1. The molecule has 1 aliphatic heterocycles. The average Bonchev–Trinajstić information content (AvgIpc) is 2.50. The highest BCUT2D eigenvalue weighted by atomic mass is 16.4. The molecule has 3 N–H and O–H groups in total. The minimum Gasteiger partial charge on any atom is -0.480 e. The van der Waals surface area contributed by atoms with Crippen molar-refractivity contribution in [3.05, 3.63) is 0 Å². The van der Waals surface area contributed by atoms with Gasteiger partial charge in [-0.05, 0) is 20.3 Å². The molecule has 1 saturated heterocycles. The van der Waals surface area contributed by atoms with Crippen LogP contribution in [0.25, 0.3) is 0 Å². The molecule has 0 aromatic heterocycles. The fraction of sp³-hybridized carbons (Fsp3) is 0.778. The Kier molecular flexibility index (Phi) is 2.80. The van der Waals surface area contributed by atoms with E-state index in [1.807, 2.05) is 0 Å². The van der Waals surface area contributed by atoms with Gasteiger partial charge in [0.15, 0.2) is 0 Å². The fourth-order valence-electron chi connectivity index (χ4n) is 1.46. The van der Waals surface area contributed by atoms with E-state index in [4.69, 9.17) is 10.8 Å². The number of hydrogen-bond acceptors (Lipinski definition) is 3. The molecular formula is C9H16N2O3. The minimum atomic E-state index is -1.34. The van der Waals surface area contributed by atoms with Crippen molar-refractivity contribution in [1.82, 2.24) is 4.90 Å². The normalized spacial score (nSPS) is 22.5. The monoisotopic (exact) mass is 200 g/mol. The number of carbonyl (C=O) groups is 2. The third-order valence-corrected chi connectivity index (χ3v) is 2.58. The van der Waals surface area contributed by atoms with Crippen LogP contribution in [0.1, 0.15) is 20.3 Å². The first-order valence-corrected chi connectivity index (χ1v) is 4.64.